The molecular formula is C10H9F3N2O5. The van der Waals surface area contributed by atoms with E-state index in [-0.39, 0.29) is 6.07 Å². The third-order valence-electron chi connectivity index (χ3n) is 2.18. The number of methoxy groups -OCH3 is 1. The van der Waals surface area contributed by atoms with E-state index in [0.29, 0.717) is 6.20 Å². The van der Waals surface area contributed by atoms with Gasteiger partial charge in [0.05, 0.1) is 17.6 Å². The second-order valence-corrected chi connectivity index (χ2v) is 3.59. The minimum absolute atomic E-state index is 0.284. The number of esters is 1. The van der Waals surface area contributed by atoms with Gasteiger partial charge in [0.1, 0.15) is 0 Å². The van der Waals surface area contributed by atoms with E-state index >= 15 is 0 Å². The fraction of sp³-hybridized carbons (Fsp3) is 0.400. The molecule has 0 aliphatic rings. The Morgan fingerprint density at radius 2 is 2.10 bits per heavy atom. The van der Waals surface area contributed by atoms with Crippen LogP contribution in [0.2, 0.25) is 0 Å². The molecule has 0 fully saturated rings. The Labute approximate surface area is 110 Å². The average molecular weight is 294 g/mol. The van der Waals surface area contributed by atoms with Crippen LogP contribution in [0.1, 0.15) is 12.5 Å². The number of alkyl halides is 3. The van der Waals surface area contributed by atoms with Gasteiger partial charge in [-0.15, -0.1) is 0 Å². The van der Waals surface area contributed by atoms with Crippen molar-refractivity contribution < 1.29 is 32.4 Å². The summed E-state index contributed by atoms with van der Waals surface area (Å²) in [5, 5.41) is 10.7. The van der Waals surface area contributed by atoms with Crippen molar-refractivity contribution in [2.24, 2.45) is 0 Å². The Hall–Kier alpha value is -2.39. The van der Waals surface area contributed by atoms with E-state index in [2.05, 4.69) is 9.72 Å². The van der Waals surface area contributed by atoms with Gasteiger partial charge in [-0.25, -0.2) is 9.78 Å². The molecule has 1 atom stereocenters. The van der Waals surface area contributed by atoms with Crippen LogP contribution >= 0.6 is 0 Å². The van der Waals surface area contributed by atoms with E-state index in [0.717, 1.165) is 7.11 Å². The number of carbonyl (C=O) groups is 1. The van der Waals surface area contributed by atoms with Gasteiger partial charge >= 0.3 is 17.8 Å². The summed E-state index contributed by atoms with van der Waals surface area (Å²) >= 11 is 0. The standard InChI is InChI=1S/C10H9F3N2O5/c1-5(9(16)19-2)20-8-7(15(17)18)3-6(4-14-8)10(11,12)13/h3-5H,1-2H3/t5-/m1/s1. The fourth-order valence-corrected chi connectivity index (χ4v) is 1.20. The van der Waals surface area contributed by atoms with E-state index in [1.165, 1.54) is 6.92 Å². The molecule has 0 aliphatic heterocycles. The molecule has 0 bridgehead atoms. The number of nitrogens with zero attached hydrogens (tertiary/aromatic N) is 2. The molecule has 20 heavy (non-hydrogen) atoms. The fourth-order valence-electron chi connectivity index (χ4n) is 1.20. The minimum atomic E-state index is -4.77. The van der Waals surface area contributed by atoms with Crippen molar-refractivity contribution in [3.05, 3.63) is 27.9 Å². The number of nitro groups is 1. The zero-order chi connectivity index (χ0) is 15.5. The second kappa shape index (κ2) is 5.72. The Morgan fingerprint density at radius 3 is 2.55 bits per heavy atom. The number of pyridine rings is 1. The van der Waals surface area contributed by atoms with Crippen LogP contribution in [-0.2, 0) is 15.7 Å². The summed E-state index contributed by atoms with van der Waals surface area (Å²) in [6, 6.07) is 0.284. The summed E-state index contributed by atoms with van der Waals surface area (Å²) in [4.78, 5) is 24.0. The largest absolute Gasteiger partial charge is 0.466 e. The highest BCUT2D eigenvalue weighted by Gasteiger charge is 2.34. The summed E-state index contributed by atoms with van der Waals surface area (Å²) in [6.45, 7) is 1.22. The molecule has 110 valence electrons. The molecule has 0 spiro atoms. The summed E-state index contributed by atoms with van der Waals surface area (Å²) in [7, 11) is 1.07. The lowest BCUT2D eigenvalue weighted by molar-refractivity contribution is -0.386. The van der Waals surface area contributed by atoms with Crippen LogP contribution in [0.5, 0.6) is 5.88 Å². The first-order valence-electron chi connectivity index (χ1n) is 5.13. The maximum Gasteiger partial charge on any atom is 0.418 e. The molecule has 0 radical (unpaired) electrons. The molecule has 7 nitrogen and oxygen atoms in total. The van der Waals surface area contributed by atoms with E-state index in [1.54, 1.807) is 0 Å². The molecule has 1 aromatic heterocycles. The van der Waals surface area contributed by atoms with Gasteiger partial charge in [-0.3, -0.25) is 10.1 Å². The van der Waals surface area contributed by atoms with Gasteiger partial charge < -0.3 is 9.47 Å². The number of hydrogen-bond donors (Lipinski definition) is 0. The van der Waals surface area contributed by atoms with Gasteiger partial charge in [-0.2, -0.15) is 13.2 Å². The number of aromatic nitrogens is 1. The Kier molecular flexibility index (Phi) is 4.48. The molecule has 0 saturated heterocycles. The predicted octanol–water partition coefficient (Wildman–Crippen LogP) is 1.95. The highest BCUT2D eigenvalue weighted by atomic mass is 19.4. The smallest absolute Gasteiger partial charge is 0.418 e. The molecule has 0 aliphatic carbocycles. The minimum Gasteiger partial charge on any atom is -0.466 e. The molecule has 10 heteroatoms. The van der Waals surface area contributed by atoms with Crippen LogP contribution in [0.4, 0.5) is 18.9 Å². The normalized spacial score (nSPS) is 12.7. The third-order valence-corrected chi connectivity index (χ3v) is 2.18. The zero-order valence-corrected chi connectivity index (χ0v) is 10.3. The number of hydrogen-bond acceptors (Lipinski definition) is 6. The predicted molar refractivity (Wildman–Crippen MR) is 58.0 cm³/mol. The highest BCUT2D eigenvalue weighted by Crippen LogP contribution is 2.34. The first-order chi connectivity index (χ1) is 9.16. The van der Waals surface area contributed by atoms with Crippen molar-refractivity contribution in [1.82, 2.24) is 4.98 Å². The Morgan fingerprint density at radius 1 is 1.50 bits per heavy atom. The van der Waals surface area contributed by atoms with Gasteiger partial charge in [0.2, 0.25) is 0 Å². The van der Waals surface area contributed by atoms with Crippen molar-refractivity contribution in [2.75, 3.05) is 7.11 Å². The maximum atomic E-state index is 12.4. The van der Waals surface area contributed by atoms with Crippen molar-refractivity contribution in [3.8, 4) is 5.88 Å². The summed E-state index contributed by atoms with van der Waals surface area (Å²) < 4.78 is 46.4. The van der Waals surface area contributed by atoms with Crippen LogP contribution in [0.3, 0.4) is 0 Å². The summed E-state index contributed by atoms with van der Waals surface area (Å²) in [5.74, 6) is -1.54. The van der Waals surface area contributed by atoms with Gasteiger partial charge in [0, 0.05) is 12.3 Å². The second-order valence-electron chi connectivity index (χ2n) is 3.59. The van der Waals surface area contributed by atoms with Gasteiger partial charge in [0.15, 0.2) is 6.10 Å². The number of carbonyl (C=O) groups excluding carboxylic acids is 1. The molecule has 0 unspecified atom stereocenters. The number of halogens is 3. The van der Waals surface area contributed by atoms with Crippen LogP contribution in [0, 0.1) is 10.1 Å². The van der Waals surface area contributed by atoms with Gasteiger partial charge in [0.25, 0.3) is 5.88 Å². The van der Waals surface area contributed by atoms with Crippen LogP contribution < -0.4 is 4.74 Å². The quantitative estimate of drug-likeness (QED) is 0.479. The van der Waals surface area contributed by atoms with E-state index < -0.39 is 40.3 Å². The van der Waals surface area contributed by atoms with Crippen molar-refractivity contribution in [1.29, 1.82) is 0 Å². The molecular weight excluding hydrogens is 285 g/mol. The van der Waals surface area contributed by atoms with E-state index in [9.17, 15) is 28.1 Å². The lowest BCUT2D eigenvalue weighted by atomic mass is 10.2. The lowest BCUT2D eigenvalue weighted by Crippen LogP contribution is -2.25. The summed E-state index contributed by atoms with van der Waals surface area (Å²) in [6.07, 6.45) is -5.64. The van der Waals surface area contributed by atoms with Crippen LogP contribution in [0.25, 0.3) is 0 Å². The average Bonchev–Trinajstić information content (AvgIpc) is 2.36. The lowest BCUT2D eigenvalue weighted by Gasteiger charge is -2.12. The Bertz CT molecular complexity index is 532. The monoisotopic (exact) mass is 294 g/mol. The van der Waals surface area contributed by atoms with Gasteiger partial charge in [-0.05, 0) is 6.92 Å². The molecule has 0 aromatic carbocycles. The first kappa shape index (κ1) is 15.7. The molecule has 0 N–H and O–H groups in total. The highest BCUT2D eigenvalue weighted by molar-refractivity contribution is 5.74. The summed E-state index contributed by atoms with van der Waals surface area (Å²) in [5.41, 5.74) is -2.28. The molecule has 0 saturated carbocycles. The zero-order valence-electron chi connectivity index (χ0n) is 10.3. The first-order valence-corrected chi connectivity index (χ1v) is 5.13. The molecule has 1 rings (SSSR count). The Balaban J connectivity index is 3.15. The van der Waals surface area contributed by atoms with Crippen molar-refractivity contribution in [3.63, 3.8) is 0 Å². The maximum absolute atomic E-state index is 12.4. The topological polar surface area (TPSA) is 91.6 Å². The van der Waals surface area contributed by atoms with E-state index in [4.69, 9.17) is 4.74 Å². The van der Waals surface area contributed by atoms with Crippen molar-refractivity contribution >= 4 is 11.7 Å². The van der Waals surface area contributed by atoms with Crippen LogP contribution in [0.15, 0.2) is 12.3 Å². The SMILES string of the molecule is COC(=O)[C@@H](C)Oc1ncc(C(F)(F)F)cc1[N+](=O)[O-]. The molecule has 1 heterocycles. The van der Waals surface area contributed by atoms with Gasteiger partial charge in [-0.1, -0.05) is 0 Å². The van der Waals surface area contributed by atoms with E-state index in [1.807, 2.05) is 0 Å². The number of rotatable bonds is 4. The third kappa shape index (κ3) is 3.56. The van der Waals surface area contributed by atoms with Crippen LogP contribution in [-0.4, -0.2) is 29.1 Å². The molecule has 1 aromatic rings. The van der Waals surface area contributed by atoms with Crippen molar-refractivity contribution in [2.45, 2.75) is 19.2 Å². The molecule has 0 amide bonds. The number of ether oxygens (including phenoxy) is 2.